The van der Waals surface area contributed by atoms with Crippen molar-refractivity contribution in [3.05, 3.63) is 344 Å². The van der Waals surface area contributed by atoms with Crippen molar-refractivity contribution < 1.29 is 0 Å². The van der Waals surface area contributed by atoms with Crippen molar-refractivity contribution in [1.82, 2.24) is 9.13 Å². The first-order valence-electron chi connectivity index (χ1n) is 29.8. The van der Waals surface area contributed by atoms with Crippen molar-refractivity contribution in [2.45, 2.75) is 5.41 Å². The Labute approximate surface area is 498 Å². The molecule has 14 aromatic carbocycles. The van der Waals surface area contributed by atoms with Gasteiger partial charge in [-0.3, -0.25) is 0 Å². The van der Waals surface area contributed by atoms with E-state index in [1.54, 1.807) is 0 Å². The Bertz CT molecular complexity index is 5340. The molecule has 3 heteroatoms. The number of nitrogens with zero attached hydrogens (tertiary/aromatic N) is 3. The number of aromatic nitrogens is 2. The predicted molar refractivity (Wildman–Crippen MR) is 360 cm³/mol. The van der Waals surface area contributed by atoms with E-state index in [-0.39, 0.29) is 0 Å². The first-order chi connectivity index (χ1) is 42.7. The number of hydrogen-bond donors (Lipinski definition) is 0. The van der Waals surface area contributed by atoms with Crippen LogP contribution in [0, 0.1) is 0 Å². The molecule has 0 N–H and O–H groups in total. The van der Waals surface area contributed by atoms with Crippen LogP contribution in [-0.2, 0) is 5.41 Å². The summed E-state index contributed by atoms with van der Waals surface area (Å²) in [6.45, 7) is 0. The van der Waals surface area contributed by atoms with E-state index in [4.69, 9.17) is 0 Å². The molecule has 3 heterocycles. The number of para-hydroxylation sites is 6. The molecule has 3 nitrogen and oxygen atoms in total. The van der Waals surface area contributed by atoms with Gasteiger partial charge < -0.3 is 14.0 Å². The van der Waals surface area contributed by atoms with Crippen LogP contribution in [-0.4, -0.2) is 9.13 Å². The van der Waals surface area contributed by atoms with Gasteiger partial charge in [-0.25, -0.2) is 0 Å². The van der Waals surface area contributed by atoms with E-state index in [1.807, 2.05) is 0 Å². The molecule has 1 spiro atoms. The van der Waals surface area contributed by atoms with Crippen molar-refractivity contribution >= 4 is 71.4 Å². The molecule has 0 radical (unpaired) electrons. The minimum Gasteiger partial charge on any atom is -0.310 e. The molecule has 0 saturated heterocycles. The highest BCUT2D eigenvalue weighted by Gasteiger charge is 2.51. The Balaban J connectivity index is 0.742. The van der Waals surface area contributed by atoms with Crippen molar-refractivity contribution in [3.63, 3.8) is 0 Å². The minimum absolute atomic E-state index is 0.519. The lowest BCUT2D eigenvalue weighted by molar-refractivity contribution is 0.749. The van der Waals surface area contributed by atoms with Gasteiger partial charge in [0, 0.05) is 44.2 Å². The molecule has 18 rings (SSSR count). The Hall–Kier alpha value is -11.3. The van der Waals surface area contributed by atoms with Gasteiger partial charge in [0.05, 0.1) is 38.9 Å². The molecule has 1 aliphatic carbocycles. The Morgan fingerprint density at radius 1 is 0.256 bits per heavy atom. The van der Waals surface area contributed by atoms with E-state index in [0.717, 1.165) is 39.4 Å². The fourth-order valence-corrected chi connectivity index (χ4v) is 14.9. The average Bonchev–Trinajstić information content (AvgIpc) is 1.55. The van der Waals surface area contributed by atoms with E-state index in [1.165, 1.54) is 121 Å². The van der Waals surface area contributed by atoms with Gasteiger partial charge in [-0.2, -0.15) is 0 Å². The molecule has 16 aromatic rings. The van der Waals surface area contributed by atoms with Crippen LogP contribution < -0.4 is 4.90 Å². The van der Waals surface area contributed by atoms with Gasteiger partial charge in [-0.05, 0) is 162 Å². The maximum absolute atomic E-state index is 2.52. The lowest BCUT2D eigenvalue weighted by Crippen LogP contribution is -2.33. The molecule has 2 aliphatic rings. The second-order valence-corrected chi connectivity index (χ2v) is 23.1. The van der Waals surface area contributed by atoms with Crippen molar-refractivity contribution in [2.75, 3.05) is 4.90 Å². The highest BCUT2D eigenvalue weighted by molar-refractivity contribution is 6.13. The highest BCUT2D eigenvalue weighted by Crippen LogP contribution is 2.61. The monoisotopic (exact) mass is 1090 g/mol. The van der Waals surface area contributed by atoms with E-state index in [9.17, 15) is 0 Å². The third-order valence-corrected chi connectivity index (χ3v) is 18.7. The average molecular weight is 1090 g/mol. The van der Waals surface area contributed by atoms with Gasteiger partial charge in [0.25, 0.3) is 0 Å². The van der Waals surface area contributed by atoms with Crippen LogP contribution in [0.5, 0.6) is 0 Å². The second kappa shape index (κ2) is 18.9. The molecular weight excluding hydrogens is 1040 g/mol. The topological polar surface area (TPSA) is 13.1 Å². The fraction of sp³-hybridized carbons (Fsp3) is 0.0120. The Kier molecular flexibility index (Phi) is 10.6. The predicted octanol–water partition coefficient (Wildman–Crippen LogP) is 21.8. The van der Waals surface area contributed by atoms with Crippen LogP contribution in [0.1, 0.15) is 22.3 Å². The first kappa shape index (κ1) is 48.3. The quantitative estimate of drug-likeness (QED) is 0.148. The third-order valence-electron chi connectivity index (χ3n) is 18.7. The number of fused-ring (bicyclic) bond motifs is 16. The summed E-state index contributed by atoms with van der Waals surface area (Å²) in [7, 11) is 0. The number of hydrogen-bond acceptors (Lipinski definition) is 1. The van der Waals surface area contributed by atoms with Gasteiger partial charge in [0.2, 0.25) is 0 Å². The lowest BCUT2D eigenvalue weighted by Gasteiger charge is -2.39. The summed E-state index contributed by atoms with van der Waals surface area (Å²) in [6, 6.07) is 119. The normalized spacial score (nSPS) is 13.9. The maximum Gasteiger partial charge on any atom is 0.0754 e. The van der Waals surface area contributed by atoms with Crippen LogP contribution in [0.25, 0.3) is 121 Å². The maximum atomic E-state index is 2.52. The van der Waals surface area contributed by atoms with Gasteiger partial charge in [-0.1, -0.05) is 243 Å². The van der Waals surface area contributed by atoms with Gasteiger partial charge in [0.15, 0.2) is 0 Å². The lowest BCUT2D eigenvalue weighted by atomic mass is 9.65. The zero-order valence-corrected chi connectivity index (χ0v) is 46.9. The van der Waals surface area contributed by atoms with Crippen LogP contribution in [0.15, 0.2) is 322 Å². The zero-order valence-electron chi connectivity index (χ0n) is 46.9. The molecular formula is C83H53N3. The molecule has 1 unspecified atom stereocenters. The van der Waals surface area contributed by atoms with E-state index >= 15 is 0 Å². The summed E-state index contributed by atoms with van der Waals surface area (Å²) >= 11 is 0. The number of rotatable bonds is 8. The van der Waals surface area contributed by atoms with E-state index in [0.29, 0.717) is 0 Å². The van der Waals surface area contributed by atoms with Gasteiger partial charge in [-0.15, -0.1) is 0 Å². The Morgan fingerprint density at radius 2 is 0.733 bits per heavy atom. The third kappa shape index (κ3) is 7.09. The molecule has 0 fully saturated rings. The van der Waals surface area contributed by atoms with Crippen molar-refractivity contribution in [2.24, 2.45) is 0 Å². The number of benzene rings is 14. The molecule has 400 valence electrons. The Morgan fingerprint density at radius 3 is 1.48 bits per heavy atom. The number of anilines is 3. The van der Waals surface area contributed by atoms with Crippen molar-refractivity contribution in [3.8, 4) is 67.0 Å². The van der Waals surface area contributed by atoms with Gasteiger partial charge >= 0.3 is 0 Å². The largest absolute Gasteiger partial charge is 0.310 e. The van der Waals surface area contributed by atoms with Crippen LogP contribution in [0.3, 0.4) is 0 Å². The summed E-state index contributed by atoms with van der Waals surface area (Å²) in [5.74, 6) is 0. The van der Waals surface area contributed by atoms with Crippen LogP contribution in [0.2, 0.25) is 0 Å². The highest BCUT2D eigenvalue weighted by atomic mass is 15.1. The second-order valence-electron chi connectivity index (χ2n) is 23.1. The SMILES string of the molecule is c1ccc(-c2ccc(-c3ccccc3N(c3ccc(-c4ccc(-n5c6ccccc6c6ccccc65)cc4)cc3)c3ccc4cc(-c5ccc6c(c5)C5(c7ccccc7-6)c6ccccc6-n6c7ccccc7c7cccc5c76)ccc4c3)cc2)cc1. The summed E-state index contributed by atoms with van der Waals surface area (Å²) in [6.07, 6.45) is 0. The van der Waals surface area contributed by atoms with E-state index < -0.39 is 5.41 Å². The smallest absolute Gasteiger partial charge is 0.0754 e. The standard InChI is InChI=1S/C83H53N3/c1-2-17-54(18-3-1)55-33-35-58(36-34-55)66-19-5-11-28-77(66)84(63-45-39-56(40-46-63)57-41-47-64(48-42-57)85-78-29-12-6-21-69(78)70-22-7-13-30-79(70)85)65-49-43-60-51-59(37-38-61(60)52-65)62-44-50-68-67-20-4-9-25-73(67)83(76(68)53-62)74-26-10-15-32-81(74)86-80-31-14-8-23-71(80)72-24-16-27-75(83)82(72)86/h1-53H. The molecule has 0 bridgehead atoms. The molecule has 0 amide bonds. The van der Waals surface area contributed by atoms with Crippen LogP contribution >= 0.6 is 0 Å². The molecule has 86 heavy (non-hydrogen) atoms. The van der Waals surface area contributed by atoms with Gasteiger partial charge in [0.1, 0.15) is 0 Å². The zero-order chi connectivity index (χ0) is 56.5. The summed E-state index contributed by atoms with van der Waals surface area (Å²) < 4.78 is 4.90. The molecule has 0 saturated carbocycles. The molecule has 1 aliphatic heterocycles. The van der Waals surface area contributed by atoms with Crippen LogP contribution in [0.4, 0.5) is 17.1 Å². The first-order valence-corrected chi connectivity index (χ1v) is 29.8. The summed E-state index contributed by atoms with van der Waals surface area (Å²) in [5.41, 5.74) is 27.4. The molecule has 2 aromatic heterocycles. The van der Waals surface area contributed by atoms with E-state index in [2.05, 4.69) is 336 Å². The fourth-order valence-electron chi connectivity index (χ4n) is 14.9. The minimum atomic E-state index is -0.519. The summed E-state index contributed by atoms with van der Waals surface area (Å²) in [5, 5.41) is 7.46. The van der Waals surface area contributed by atoms with Crippen molar-refractivity contribution in [1.29, 1.82) is 0 Å². The molecule has 1 atom stereocenters. The summed E-state index contributed by atoms with van der Waals surface area (Å²) in [4.78, 5) is 2.43.